The molecule has 1 unspecified atom stereocenters. The zero-order chi connectivity index (χ0) is 13.8. The van der Waals surface area contributed by atoms with Crippen LogP contribution in [-0.2, 0) is 9.53 Å². The lowest BCUT2D eigenvalue weighted by atomic mass is 10.1. The highest BCUT2D eigenvalue weighted by Gasteiger charge is 2.19. The van der Waals surface area contributed by atoms with E-state index in [1.165, 1.54) is 0 Å². The molecule has 1 aromatic carbocycles. The number of aromatic nitrogens is 2. The highest BCUT2D eigenvalue weighted by molar-refractivity contribution is 5.91. The second-order valence-corrected chi connectivity index (χ2v) is 4.94. The van der Waals surface area contributed by atoms with Gasteiger partial charge in [0.25, 0.3) is 0 Å². The van der Waals surface area contributed by atoms with Crippen LogP contribution in [-0.4, -0.2) is 28.8 Å². The van der Waals surface area contributed by atoms with Crippen LogP contribution >= 0.6 is 0 Å². The molecule has 0 spiro atoms. The Morgan fingerprint density at radius 1 is 1.45 bits per heavy atom. The van der Waals surface area contributed by atoms with Crippen LogP contribution in [0.1, 0.15) is 19.3 Å². The van der Waals surface area contributed by atoms with Crippen LogP contribution in [0, 0.1) is 0 Å². The number of anilines is 1. The van der Waals surface area contributed by atoms with Gasteiger partial charge in [0, 0.05) is 24.1 Å². The van der Waals surface area contributed by atoms with Gasteiger partial charge in [0.05, 0.1) is 18.2 Å². The molecule has 5 heteroatoms. The number of hydrogen-bond acceptors (Lipinski definition) is 3. The molecule has 104 valence electrons. The normalized spacial score (nSPS) is 18.1. The highest BCUT2D eigenvalue weighted by atomic mass is 16.5. The van der Waals surface area contributed by atoms with Gasteiger partial charge in [0.15, 0.2) is 0 Å². The molecule has 5 nitrogen and oxygen atoms in total. The average Bonchev–Trinajstić information content (AvgIpc) is 3.11. The SMILES string of the molecule is O=C(CC1CCCO1)Nc1cccc(-c2ccn[nH]2)c1. The first-order valence-corrected chi connectivity index (χ1v) is 6.82. The third-order valence-electron chi connectivity index (χ3n) is 3.40. The molecule has 1 amide bonds. The van der Waals surface area contributed by atoms with Crippen molar-refractivity contribution in [1.29, 1.82) is 0 Å². The Morgan fingerprint density at radius 2 is 2.40 bits per heavy atom. The molecule has 1 atom stereocenters. The van der Waals surface area contributed by atoms with Crippen molar-refractivity contribution >= 4 is 11.6 Å². The Balaban J connectivity index is 1.65. The summed E-state index contributed by atoms with van der Waals surface area (Å²) in [4.78, 5) is 12.0. The van der Waals surface area contributed by atoms with Crippen LogP contribution in [0.25, 0.3) is 11.3 Å². The largest absolute Gasteiger partial charge is 0.378 e. The number of carbonyl (C=O) groups is 1. The number of carbonyl (C=O) groups excluding carboxylic acids is 1. The van der Waals surface area contributed by atoms with Gasteiger partial charge in [0.1, 0.15) is 0 Å². The van der Waals surface area contributed by atoms with Crippen LogP contribution in [0.4, 0.5) is 5.69 Å². The molecule has 2 N–H and O–H groups in total. The van der Waals surface area contributed by atoms with E-state index in [0.717, 1.165) is 36.4 Å². The second kappa shape index (κ2) is 5.88. The van der Waals surface area contributed by atoms with Crippen LogP contribution in [0.2, 0.25) is 0 Å². The Kier molecular flexibility index (Phi) is 3.78. The summed E-state index contributed by atoms with van der Waals surface area (Å²) in [5, 5.41) is 9.76. The minimum absolute atomic E-state index is 0.00124. The van der Waals surface area contributed by atoms with Crippen molar-refractivity contribution < 1.29 is 9.53 Å². The van der Waals surface area contributed by atoms with E-state index in [0.29, 0.717) is 6.42 Å². The van der Waals surface area contributed by atoms with Crippen LogP contribution in [0.15, 0.2) is 36.5 Å². The molecule has 0 radical (unpaired) electrons. The van der Waals surface area contributed by atoms with E-state index in [-0.39, 0.29) is 12.0 Å². The van der Waals surface area contributed by atoms with Gasteiger partial charge in [-0.2, -0.15) is 5.10 Å². The van der Waals surface area contributed by atoms with Crippen molar-refractivity contribution in [3.05, 3.63) is 36.5 Å². The average molecular weight is 271 g/mol. The number of aromatic amines is 1. The van der Waals surface area contributed by atoms with Gasteiger partial charge < -0.3 is 10.1 Å². The fourth-order valence-corrected chi connectivity index (χ4v) is 2.41. The topological polar surface area (TPSA) is 67.0 Å². The monoisotopic (exact) mass is 271 g/mol. The van der Waals surface area contributed by atoms with E-state index in [2.05, 4.69) is 15.5 Å². The van der Waals surface area contributed by atoms with Crippen LogP contribution < -0.4 is 5.32 Å². The standard InChI is InChI=1S/C15H17N3O2/c19-15(10-13-5-2-8-20-13)17-12-4-1-3-11(9-12)14-6-7-16-18-14/h1,3-4,6-7,9,13H,2,5,8,10H2,(H,16,18)(H,17,19). The first kappa shape index (κ1) is 12.9. The minimum Gasteiger partial charge on any atom is -0.378 e. The van der Waals surface area contributed by atoms with E-state index in [1.54, 1.807) is 6.20 Å². The fourth-order valence-electron chi connectivity index (χ4n) is 2.41. The van der Waals surface area contributed by atoms with Gasteiger partial charge >= 0.3 is 0 Å². The van der Waals surface area contributed by atoms with Crippen molar-refractivity contribution in [1.82, 2.24) is 10.2 Å². The molecule has 1 saturated heterocycles. The summed E-state index contributed by atoms with van der Waals surface area (Å²) in [5.74, 6) is -0.00124. The van der Waals surface area contributed by atoms with Gasteiger partial charge in [-0.05, 0) is 31.0 Å². The summed E-state index contributed by atoms with van der Waals surface area (Å²) in [6, 6.07) is 9.60. The Bertz CT molecular complexity index is 575. The number of nitrogens with one attached hydrogen (secondary N) is 2. The van der Waals surface area contributed by atoms with Crippen molar-refractivity contribution in [2.75, 3.05) is 11.9 Å². The number of nitrogens with zero attached hydrogens (tertiary/aromatic N) is 1. The van der Waals surface area contributed by atoms with Gasteiger partial charge in [-0.25, -0.2) is 0 Å². The highest BCUT2D eigenvalue weighted by Crippen LogP contribution is 2.21. The predicted octanol–water partition coefficient (Wildman–Crippen LogP) is 2.58. The molecule has 3 rings (SSSR count). The molecule has 0 bridgehead atoms. The summed E-state index contributed by atoms with van der Waals surface area (Å²) in [6.07, 6.45) is 4.23. The van der Waals surface area contributed by atoms with Crippen molar-refractivity contribution in [3.8, 4) is 11.3 Å². The molecule has 1 aliphatic rings. The molecule has 0 aliphatic carbocycles. The van der Waals surface area contributed by atoms with Crippen LogP contribution in [0.5, 0.6) is 0 Å². The number of hydrogen-bond donors (Lipinski definition) is 2. The maximum Gasteiger partial charge on any atom is 0.226 e. The zero-order valence-corrected chi connectivity index (χ0v) is 11.1. The lowest BCUT2D eigenvalue weighted by molar-refractivity contribution is -0.118. The number of H-pyrrole nitrogens is 1. The zero-order valence-electron chi connectivity index (χ0n) is 11.1. The molecular weight excluding hydrogens is 254 g/mol. The maximum atomic E-state index is 12.0. The predicted molar refractivity (Wildman–Crippen MR) is 76.2 cm³/mol. The van der Waals surface area contributed by atoms with Crippen molar-refractivity contribution in [3.63, 3.8) is 0 Å². The number of ether oxygens (including phenoxy) is 1. The Hall–Kier alpha value is -2.14. The second-order valence-electron chi connectivity index (χ2n) is 4.94. The smallest absolute Gasteiger partial charge is 0.226 e. The lowest BCUT2D eigenvalue weighted by Gasteiger charge is -2.10. The molecule has 2 heterocycles. The summed E-state index contributed by atoms with van der Waals surface area (Å²) < 4.78 is 5.47. The third-order valence-corrected chi connectivity index (χ3v) is 3.40. The molecule has 0 saturated carbocycles. The van der Waals surface area contributed by atoms with E-state index in [1.807, 2.05) is 30.3 Å². The van der Waals surface area contributed by atoms with Gasteiger partial charge in [-0.3, -0.25) is 9.89 Å². The van der Waals surface area contributed by atoms with Gasteiger partial charge in [-0.1, -0.05) is 12.1 Å². The first-order valence-electron chi connectivity index (χ1n) is 6.82. The van der Waals surface area contributed by atoms with E-state index in [4.69, 9.17) is 4.74 Å². The van der Waals surface area contributed by atoms with E-state index >= 15 is 0 Å². The molecule has 1 fully saturated rings. The molecule has 2 aromatic rings. The van der Waals surface area contributed by atoms with Gasteiger partial charge in [0.2, 0.25) is 5.91 Å². The van der Waals surface area contributed by atoms with E-state index in [9.17, 15) is 4.79 Å². The maximum absolute atomic E-state index is 12.0. The van der Waals surface area contributed by atoms with Gasteiger partial charge in [-0.15, -0.1) is 0 Å². The fraction of sp³-hybridized carbons (Fsp3) is 0.333. The van der Waals surface area contributed by atoms with Crippen LogP contribution in [0.3, 0.4) is 0 Å². The molecule has 1 aliphatic heterocycles. The number of benzene rings is 1. The summed E-state index contributed by atoms with van der Waals surface area (Å²) in [6.45, 7) is 0.771. The van der Waals surface area contributed by atoms with Crippen molar-refractivity contribution in [2.24, 2.45) is 0 Å². The minimum atomic E-state index is -0.00124. The number of rotatable bonds is 4. The first-order chi connectivity index (χ1) is 9.81. The summed E-state index contributed by atoms with van der Waals surface area (Å²) in [7, 11) is 0. The molecule has 1 aromatic heterocycles. The Morgan fingerprint density at radius 3 is 3.15 bits per heavy atom. The van der Waals surface area contributed by atoms with Crippen molar-refractivity contribution in [2.45, 2.75) is 25.4 Å². The lowest BCUT2D eigenvalue weighted by Crippen LogP contribution is -2.19. The Labute approximate surface area is 117 Å². The summed E-state index contributed by atoms with van der Waals surface area (Å²) >= 11 is 0. The third kappa shape index (κ3) is 3.05. The summed E-state index contributed by atoms with van der Waals surface area (Å²) in [5.41, 5.74) is 2.72. The number of amides is 1. The molecular formula is C15H17N3O2. The van der Waals surface area contributed by atoms with E-state index < -0.39 is 0 Å². The molecule has 20 heavy (non-hydrogen) atoms. The quantitative estimate of drug-likeness (QED) is 0.898.